The van der Waals surface area contributed by atoms with Crippen LogP contribution in [0.25, 0.3) is 0 Å². The average molecular weight is 271 g/mol. The Morgan fingerprint density at radius 3 is 2.54 bits per heavy atom. The molecule has 0 bridgehead atoms. The van der Waals surface area contributed by atoms with Gasteiger partial charge in [-0.2, -0.15) is 0 Å². The van der Waals surface area contributed by atoms with Crippen molar-refractivity contribution in [1.29, 1.82) is 0 Å². The number of aromatic hydroxyl groups is 1. The zero-order valence-electron chi connectivity index (χ0n) is 6.92. The minimum absolute atomic E-state index is 0. The highest BCUT2D eigenvalue weighted by Crippen LogP contribution is 2.30. The van der Waals surface area contributed by atoms with Gasteiger partial charge in [0.25, 0.3) is 0 Å². The minimum atomic E-state index is -0.662. The fraction of sp³-hybridized carbons (Fsp3) is 0.250. The van der Waals surface area contributed by atoms with Crippen LogP contribution in [0.3, 0.4) is 0 Å². The second-order valence-corrected chi connectivity index (χ2v) is 3.44. The predicted octanol–water partition coefficient (Wildman–Crippen LogP) is 2.74. The maximum absolute atomic E-state index is 13.0. The Kier molecular flexibility index (Phi) is 4.67. The van der Waals surface area contributed by atoms with Crippen LogP contribution in [0.2, 0.25) is 0 Å². The Hall–Kier alpha value is -0.320. The van der Waals surface area contributed by atoms with Crippen LogP contribution in [0.5, 0.6) is 5.75 Å². The summed E-state index contributed by atoms with van der Waals surface area (Å²) < 4.78 is 13.2. The van der Waals surface area contributed by atoms with Crippen molar-refractivity contribution in [2.75, 3.05) is 0 Å². The van der Waals surface area contributed by atoms with E-state index in [-0.39, 0.29) is 28.7 Å². The average Bonchev–Trinajstić information content (AvgIpc) is 2.00. The lowest BCUT2D eigenvalue weighted by Crippen LogP contribution is -2.05. The first-order valence-corrected chi connectivity index (χ1v) is 4.25. The largest absolute Gasteiger partial charge is 0.505 e. The SMILES string of the molecule is C[C@H](N)c1ccc(Br)c(F)c1O.Cl. The molecule has 5 heteroatoms. The Bertz CT molecular complexity index is 306. The van der Waals surface area contributed by atoms with E-state index >= 15 is 0 Å². The summed E-state index contributed by atoms with van der Waals surface area (Å²) in [7, 11) is 0. The minimum Gasteiger partial charge on any atom is -0.505 e. The van der Waals surface area contributed by atoms with Gasteiger partial charge in [-0.15, -0.1) is 12.4 Å². The smallest absolute Gasteiger partial charge is 0.179 e. The monoisotopic (exact) mass is 269 g/mol. The van der Waals surface area contributed by atoms with Gasteiger partial charge in [0, 0.05) is 11.6 Å². The number of benzene rings is 1. The Morgan fingerprint density at radius 2 is 2.08 bits per heavy atom. The maximum atomic E-state index is 13.0. The van der Waals surface area contributed by atoms with Crippen LogP contribution in [0, 0.1) is 5.82 Å². The van der Waals surface area contributed by atoms with Gasteiger partial charge in [-0.05, 0) is 28.9 Å². The molecule has 0 saturated carbocycles. The summed E-state index contributed by atoms with van der Waals surface area (Å²) in [5, 5.41) is 9.26. The molecule has 0 amide bonds. The maximum Gasteiger partial charge on any atom is 0.179 e. The lowest BCUT2D eigenvalue weighted by atomic mass is 10.1. The van der Waals surface area contributed by atoms with Crippen LogP contribution >= 0.6 is 28.3 Å². The molecular formula is C8H10BrClFNO. The summed E-state index contributed by atoms with van der Waals surface area (Å²) in [6.07, 6.45) is 0. The van der Waals surface area contributed by atoms with Crippen LogP contribution < -0.4 is 5.73 Å². The van der Waals surface area contributed by atoms with E-state index < -0.39 is 5.82 Å². The molecule has 13 heavy (non-hydrogen) atoms. The van der Waals surface area contributed by atoms with Gasteiger partial charge in [-0.25, -0.2) is 4.39 Å². The lowest BCUT2D eigenvalue weighted by molar-refractivity contribution is 0.420. The second-order valence-electron chi connectivity index (χ2n) is 2.59. The Balaban J connectivity index is 0.00000144. The summed E-state index contributed by atoms with van der Waals surface area (Å²) in [4.78, 5) is 0. The molecule has 0 unspecified atom stereocenters. The molecule has 1 atom stereocenters. The number of halogens is 3. The quantitative estimate of drug-likeness (QED) is 0.824. The van der Waals surface area contributed by atoms with Crippen molar-refractivity contribution in [3.05, 3.63) is 28.0 Å². The van der Waals surface area contributed by atoms with Gasteiger partial charge >= 0.3 is 0 Å². The van der Waals surface area contributed by atoms with E-state index in [4.69, 9.17) is 5.73 Å². The highest BCUT2D eigenvalue weighted by Gasteiger charge is 2.12. The van der Waals surface area contributed by atoms with Gasteiger partial charge in [-0.1, -0.05) is 6.07 Å². The molecule has 0 aliphatic heterocycles. The van der Waals surface area contributed by atoms with E-state index in [2.05, 4.69) is 15.9 Å². The predicted molar refractivity (Wildman–Crippen MR) is 55.6 cm³/mol. The number of nitrogens with two attached hydrogens (primary N) is 1. The van der Waals surface area contributed by atoms with Gasteiger partial charge in [0.05, 0.1) is 4.47 Å². The first-order chi connectivity index (χ1) is 5.54. The van der Waals surface area contributed by atoms with Crippen LogP contribution in [-0.2, 0) is 0 Å². The highest BCUT2D eigenvalue weighted by atomic mass is 79.9. The van der Waals surface area contributed by atoms with Gasteiger partial charge in [0.1, 0.15) is 0 Å². The number of phenolic OH excluding ortho intramolecular Hbond substituents is 1. The second kappa shape index (κ2) is 4.79. The Morgan fingerprint density at radius 1 is 1.54 bits per heavy atom. The first-order valence-electron chi connectivity index (χ1n) is 3.46. The number of phenols is 1. The molecule has 0 spiro atoms. The van der Waals surface area contributed by atoms with Crippen LogP contribution in [0.1, 0.15) is 18.5 Å². The molecule has 0 aromatic heterocycles. The van der Waals surface area contributed by atoms with Gasteiger partial charge in [0.2, 0.25) is 0 Å². The van der Waals surface area contributed by atoms with Gasteiger partial charge in [0.15, 0.2) is 11.6 Å². The summed E-state index contributed by atoms with van der Waals surface area (Å²) >= 11 is 2.95. The normalized spacial score (nSPS) is 12.0. The van der Waals surface area contributed by atoms with Crippen molar-refractivity contribution < 1.29 is 9.50 Å². The molecule has 1 rings (SSSR count). The van der Waals surface area contributed by atoms with Crippen LogP contribution in [0.15, 0.2) is 16.6 Å². The van der Waals surface area contributed by atoms with Crippen molar-refractivity contribution in [2.45, 2.75) is 13.0 Å². The summed E-state index contributed by atoms with van der Waals surface area (Å²) in [6.45, 7) is 1.68. The summed E-state index contributed by atoms with van der Waals surface area (Å²) in [6, 6.07) is 2.74. The third-order valence-electron chi connectivity index (χ3n) is 1.59. The molecule has 0 aliphatic carbocycles. The molecule has 3 N–H and O–H groups in total. The van der Waals surface area contributed by atoms with E-state index in [1.54, 1.807) is 13.0 Å². The molecule has 2 nitrogen and oxygen atoms in total. The number of rotatable bonds is 1. The Labute approximate surface area is 90.5 Å². The fourth-order valence-electron chi connectivity index (χ4n) is 0.922. The van der Waals surface area contributed by atoms with Crippen molar-refractivity contribution in [3.63, 3.8) is 0 Å². The molecule has 0 heterocycles. The van der Waals surface area contributed by atoms with Crippen LogP contribution in [0.4, 0.5) is 4.39 Å². The van der Waals surface area contributed by atoms with E-state index in [0.29, 0.717) is 5.56 Å². The van der Waals surface area contributed by atoms with Crippen LogP contribution in [-0.4, -0.2) is 5.11 Å². The van der Waals surface area contributed by atoms with E-state index in [1.165, 1.54) is 6.07 Å². The molecule has 1 aromatic carbocycles. The van der Waals surface area contributed by atoms with Crippen molar-refractivity contribution in [1.82, 2.24) is 0 Å². The van der Waals surface area contributed by atoms with Crippen molar-refractivity contribution in [2.24, 2.45) is 5.73 Å². The third kappa shape index (κ3) is 2.56. The summed E-state index contributed by atoms with van der Waals surface area (Å²) in [5.41, 5.74) is 5.90. The third-order valence-corrected chi connectivity index (χ3v) is 2.20. The van der Waals surface area contributed by atoms with E-state index in [0.717, 1.165) is 0 Å². The molecule has 0 radical (unpaired) electrons. The molecule has 0 saturated heterocycles. The van der Waals surface area contributed by atoms with Gasteiger partial charge in [-0.3, -0.25) is 0 Å². The zero-order valence-corrected chi connectivity index (χ0v) is 9.32. The molecule has 1 aromatic rings. The topological polar surface area (TPSA) is 46.2 Å². The molecule has 0 fully saturated rings. The van der Waals surface area contributed by atoms with E-state index in [1.807, 2.05) is 0 Å². The van der Waals surface area contributed by atoms with Gasteiger partial charge < -0.3 is 10.8 Å². The van der Waals surface area contributed by atoms with Crippen molar-refractivity contribution >= 4 is 28.3 Å². The molecular weight excluding hydrogens is 260 g/mol. The fourth-order valence-corrected chi connectivity index (χ4v) is 1.24. The van der Waals surface area contributed by atoms with Crippen molar-refractivity contribution in [3.8, 4) is 5.75 Å². The standard InChI is InChI=1S/C8H9BrFNO.ClH/c1-4(11)5-2-3-6(9)7(10)8(5)12;/h2-4,12H,11H2,1H3;1H/t4-;/m0./s1. The highest BCUT2D eigenvalue weighted by molar-refractivity contribution is 9.10. The first kappa shape index (κ1) is 12.7. The molecule has 0 aliphatic rings. The summed E-state index contributed by atoms with van der Waals surface area (Å²) in [5.74, 6) is -1.04. The van der Waals surface area contributed by atoms with E-state index in [9.17, 15) is 9.50 Å². The lowest BCUT2D eigenvalue weighted by Gasteiger charge is -2.09. The number of hydrogen-bond acceptors (Lipinski definition) is 2. The zero-order chi connectivity index (χ0) is 9.30. The number of hydrogen-bond donors (Lipinski definition) is 2. The molecule has 74 valence electrons.